The first kappa shape index (κ1) is 17.5. The van der Waals surface area contributed by atoms with Crippen molar-refractivity contribution >= 4 is 21.6 Å². The quantitative estimate of drug-likeness (QED) is 0.797. The molecule has 1 aliphatic heterocycles. The van der Waals surface area contributed by atoms with Gasteiger partial charge < -0.3 is 4.90 Å². The highest BCUT2D eigenvalue weighted by Crippen LogP contribution is 2.30. The van der Waals surface area contributed by atoms with Crippen molar-refractivity contribution < 1.29 is 13.2 Å². The van der Waals surface area contributed by atoms with E-state index >= 15 is 0 Å². The van der Waals surface area contributed by atoms with Gasteiger partial charge in [-0.2, -0.15) is 0 Å². The minimum absolute atomic E-state index is 0.00959. The van der Waals surface area contributed by atoms with E-state index in [1.807, 2.05) is 54.6 Å². The number of hydrogen-bond donors (Lipinski definition) is 0. The molecule has 132 valence electrons. The SMILES string of the molecule is CN(Cc1ccccc1)C(=O)CCS(=O)(=O)N1CCc2ccccc21. The van der Waals surface area contributed by atoms with Crippen LogP contribution < -0.4 is 4.31 Å². The van der Waals surface area contributed by atoms with Gasteiger partial charge in [0.05, 0.1) is 11.4 Å². The molecule has 5 nitrogen and oxygen atoms in total. The van der Waals surface area contributed by atoms with Crippen molar-refractivity contribution in [2.75, 3.05) is 23.7 Å². The van der Waals surface area contributed by atoms with Crippen molar-refractivity contribution in [2.45, 2.75) is 19.4 Å². The number of fused-ring (bicyclic) bond motifs is 1. The number of sulfonamides is 1. The lowest BCUT2D eigenvalue weighted by atomic mass is 10.2. The van der Waals surface area contributed by atoms with Crippen LogP contribution in [-0.2, 0) is 27.8 Å². The second-order valence-electron chi connectivity index (χ2n) is 6.25. The van der Waals surface area contributed by atoms with Crippen LogP contribution in [0.5, 0.6) is 0 Å². The van der Waals surface area contributed by atoms with E-state index < -0.39 is 10.0 Å². The molecule has 3 rings (SSSR count). The maximum absolute atomic E-state index is 12.6. The molecule has 1 heterocycles. The van der Waals surface area contributed by atoms with Crippen LogP contribution in [0, 0.1) is 0 Å². The molecule has 0 N–H and O–H groups in total. The topological polar surface area (TPSA) is 57.7 Å². The van der Waals surface area contributed by atoms with Crippen molar-refractivity contribution in [3.63, 3.8) is 0 Å². The van der Waals surface area contributed by atoms with Crippen LogP contribution in [-0.4, -0.2) is 38.6 Å². The fourth-order valence-electron chi connectivity index (χ4n) is 3.06. The lowest BCUT2D eigenvalue weighted by Gasteiger charge is -2.21. The Morgan fingerprint density at radius 2 is 1.76 bits per heavy atom. The number of para-hydroxylation sites is 1. The van der Waals surface area contributed by atoms with E-state index in [2.05, 4.69) is 0 Å². The zero-order chi connectivity index (χ0) is 17.9. The Hall–Kier alpha value is -2.34. The molecule has 0 saturated carbocycles. The van der Waals surface area contributed by atoms with E-state index in [-0.39, 0.29) is 18.1 Å². The minimum atomic E-state index is -3.49. The lowest BCUT2D eigenvalue weighted by molar-refractivity contribution is -0.130. The maximum Gasteiger partial charge on any atom is 0.235 e. The summed E-state index contributed by atoms with van der Waals surface area (Å²) in [6.07, 6.45) is 0.710. The highest BCUT2D eigenvalue weighted by Gasteiger charge is 2.29. The van der Waals surface area contributed by atoms with Gasteiger partial charge >= 0.3 is 0 Å². The van der Waals surface area contributed by atoms with Gasteiger partial charge in [-0.15, -0.1) is 0 Å². The van der Waals surface area contributed by atoms with Gasteiger partial charge in [0.15, 0.2) is 0 Å². The molecule has 0 saturated heterocycles. The maximum atomic E-state index is 12.6. The molecule has 0 bridgehead atoms. The number of hydrogen-bond acceptors (Lipinski definition) is 3. The van der Waals surface area contributed by atoms with Gasteiger partial charge in [-0.25, -0.2) is 8.42 Å². The van der Waals surface area contributed by atoms with E-state index in [1.165, 1.54) is 4.31 Å². The van der Waals surface area contributed by atoms with E-state index in [0.29, 0.717) is 13.1 Å². The summed E-state index contributed by atoms with van der Waals surface area (Å²) < 4.78 is 26.7. The molecule has 1 amide bonds. The van der Waals surface area contributed by atoms with Crippen LogP contribution in [0.4, 0.5) is 5.69 Å². The third-order valence-electron chi connectivity index (χ3n) is 4.44. The van der Waals surface area contributed by atoms with Crippen LogP contribution in [0.3, 0.4) is 0 Å². The molecule has 0 aromatic heterocycles. The zero-order valence-corrected chi connectivity index (χ0v) is 15.1. The average molecular weight is 358 g/mol. The molecular formula is C19H22N2O3S. The van der Waals surface area contributed by atoms with Crippen LogP contribution >= 0.6 is 0 Å². The predicted molar refractivity (Wildman–Crippen MR) is 98.8 cm³/mol. The standard InChI is InChI=1S/C19H22N2O3S/c1-20(15-16-7-3-2-4-8-16)19(22)12-14-25(23,24)21-13-11-17-9-5-6-10-18(17)21/h2-10H,11-15H2,1H3. The molecule has 2 aromatic carbocycles. The Morgan fingerprint density at radius 3 is 2.52 bits per heavy atom. The Labute approximate surface area is 148 Å². The first-order valence-corrected chi connectivity index (χ1v) is 9.94. The molecule has 0 aliphatic carbocycles. The molecule has 0 fully saturated rings. The monoisotopic (exact) mass is 358 g/mol. The largest absolute Gasteiger partial charge is 0.341 e. The summed E-state index contributed by atoms with van der Waals surface area (Å²) in [6.45, 7) is 0.933. The Balaban J connectivity index is 1.60. The third kappa shape index (κ3) is 4.02. The smallest absolute Gasteiger partial charge is 0.235 e. The van der Waals surface area contributed by atoms with Gasteiger partial charge in [0.1, 0.15) is 0 Å². The molecule has 2 aromatic rings. The minimum Gasteiger partial charge on any atom is -0.341 e. The number of amides is 1. The molecule has 6 heteroatoms. The van der Waals surface area contributed by atoms with Gasteiger partial charge in [0.25, 0.3) is 0 Å². The Bertz CT molecular complexity index is 850. The van der Waals surface area contributed by atoms with Crippen molar-refractivity contribution in [1.82, 2.24) is 4.90 Å². The molecule has 25 heavy (non-hydrogen) atoms. The first-order chi connectivity index (χ1) is 12.0. The summed E-state index contributed by atoms with van der Waals surface area (Å²) in [6, 6.07) is 17.2. The van der Waals surface area contributed by atoms with Crippen molar-refractivity contribution in [3.05, 3.63) is 65.7 Å². The van der Waals surface area contributed by atoms with Crippen molar-refractivity contribution in [2.24, 2.45) is 0 Å². The second-order valence-corrected chi connectivity index (χ2v) is 8.27. The summed E-state index contributed by atoms with van der Waals surface area (Å²) in [7, 11) is -1.79. The Kier molecular flexibility index (Phi) is 5.08. The summed E-state index contributed by atoms with van der Waals surface area (Å²) in [5.41, 5.74) is 2.81. The first-order valence-electron chi connectivity index (χ1n) is 8.33. The van der Waals surface area contributed by atoms with E-state index in [9.17, 15) is 13.2 Å². The van der Waals surface area contributed by atoms with Crippen LogP contribution in [0.25, 0.3) is 0 Å². The van der Waals surface area contributed by atoms with Gasteiger partial charge in [0, 0.05) is 26.6 Å². The fraction of sp³-hybridized carbons (Fsp3) is 0.316. The second kappa shape index (κ2) is 7.27. The fourth-order valence-corrected chi connectivity index (χ4v) is 4.56. The summed E-state index contributed by atoms with van der Waals surface area (Å²) in [5, 5.41) is 0. The Morgan fingerprint density at radius 1 is 1.08 bits per heavy atom. The van der Waals surface area contributed by atoms with Gasteiger partial charge in [0.2, 0.25) is 15.9 Å². The number of benzene rings is 2. The number of nitrogens with zero attached hydrogens (tertiary/aromatic N) is 2. The molecule has 0 radical (unpaired) electrons. The number of rotatable bonds is 6. The van der Waals surface area contributed by atoms with Crippen molar-refractivity contribution in [3.8, 4) is 0 Å². The number of carbonyl (C=O) groups is 1. The zero-order valence-electron chi connectivity index (χ0n) is 14.3. The molecule has 0 atom stereocenters. The van der Waals surface area contributed by atoms with E-state index in [0.717, 1.165) is 23.2 Å². The summed E-state index contributed by atoms with van der Waals surface area (Å²) >= 11 is 0. The van der Waals surface area contributed by atoms with Crippen LogP contribution in [0.1, 0.15) is 17.5 Å². The third-order valence-corrected chi connectivity index (χ3v) is 6.21. The number of carbonyl (C=O) groups excluding carboxylic acids is 1. The summed E-state index contributed by atoms with van der Waals surface area (Å²) in [5.74, 6) is -0.334. The highest BCUT2D eigenvalue weighted by molar-refractivity contribution is 7.92. The molecule has 0 spiro atoms. The highest BCUT2D eigenvalue weighted by atomic mass is 32.2. The summed E-state index contributed by atoms with van der Waals surface area (Å²) in [4.78, 5) is 13.9. The van der Waals surface area contributed by atoms with Crippen molar-refractivity contribution in [1.29, 1.82) is 0 Å². The van der Waals surface area contributed by atoms with Crippen LogP contribution in [0.15, 0.2) is 54.6 Å². The van der Waals surface area contributed by atoms with Crippen LogP contribution in [0.2, 0.25) is 0 Å². The normalized spacial score (nSPS) is 13.6. The molecule has 1 aliphatic rings. The average Bonchev–Trinajstić information content (AvgIpc) is 3.05. The number of anilines is 1. The van der Waals surface area contributed by atoms with Gasteiger partial charge in [-0.1, -0.05) is 48.5 Å². The van der Waals surface area contributed by atoms with Gasteiger partial charge in [-0.3, -0.25) is 9.10 Å². The molecular weight excluding hydrogens is 336 g/mol. The van der Waals surface area contributed by atoms with E-state index in [1.54, 1.807) is 11.9 Å². The molecule has 0 unspecified atom stereocenters. The lowest BCUT2D eigenvalue weighted by Crippen LogP contribution is -2.34. The van der Waals surface area contributed by atoms with E-state index in [4.69, 9.17) is 0 Å². The van der Waals surface area contributed by atoms with Gasteiger partial charge in [-0.05, 0) is 23.6 Å². The predicted octanol–water partition coefficient (Wildman–Crippen LogP) is 2.43.